The fraction of sp³-hybridized carbons (Fsp3) is 0.684. The zero-order chi connectivity index (χ0) is 31.3. The normalized spacial score (nSPS) is 24.2. The van der Waals surface area contributed by atoms with Crippen LogP contribution in [0.5, 0.6) is 0 Å². The van der Waals surface area contributed by atoms with Crippen LogP contribution in [0.1, 0.15) is 129 Å². The topological polar surface area (TPSA) is 47.9 Å². The van der Waals surface area contributed by atoms with E-state index in [2.05, 4.69) is 79.7 Å². The lowest BCUT2D eigenvalue weighted by Crippen LogP contribution is -2.45. The van der Waals surface area contributed by atoms with Gasteiger partial charge in [0.15, 0.2) is 0 Å². The quantitative estimate of drug-likeness (QED) is 0.362. The highest BCUT2D eigenvalue weighted by molar-refractivity contribution is 6.63. The highest BCUT2D eigenvalue weighted by atomic mass is 16.7. The summed E-state index contributed by atoms with van der Waals surface area (Å²) in [6.45, 7) is 17.1. The van der Waals surface area contributed by atoms with Gasteiger partial charge in [0.25, 0.3) is 0 Å². The molecule has 3 fully saturated rings. The van der Waals surface area contributed by atoms with E-state index in [4.69, 9.17) is 14.0 Å². The molecule has 44 heavy (non-hydrogen) atoms. The van der Waals surface area contributed by atoms with Crippen molar-refractivity contribution >= 4 is 25.2 Å². The van der Waals surface area contributed by atoms with Crippen LogP contribution in [-0.2, 0) is 39.6 Å². The highest BCUT2D eigenvalue weighted by Crippen LogP contribution is 2.54. The van der Waals surface area contributed by atoms with Crippen molar-refractivity contribution in [1.29, 1.82) is 0 Å². The summed E-state index contributed by atoms with van der Waals surface area (Å²) in [4.78, 5) is 0. The van der Waals surface area contributed by atoms with Crippen molar-refractivity contribution in [2.24, 2.45) is 16.7 Å². The van der Waals surface area contributed by atoms with Crippen molar-refractivity contribution in [3.05, 3.63) is 46.5 Å². The van der Waals surface area contributed by atoms with E-state index >= 15 is 0 Å². The third-order valence-electron chi connectivity index (χ3n) is 13.3. The van der Waals surface area contributed by atoms with Crippen molar-refractivity contribution < 1.29 is 19.0 Å². The van der Waals surface area contributed by atoms with Crippen LogP contribution in [0.15, 0.2) is 24.3 Å². The van der Waals surface area contributed by atoms with Gasteiger partial charge in [-0.25, -0.2) is 0 Å². The number of benzene rings is 2. The standard InChI is InChI=1S/C38H54B2O4/c1-25(2)34(3,4)42-39(41)32-15-13-26(28-21-37(23-30(28)32)17-9-10-18-37)27-14-16-33(40-43-35(5,6)36(7,8)44-40)31-24-38(22-29(27)31)19-11-12-20-38/h13-16,25,41H,9-12,17-24H2,1-8H3. The molecule has 6 heteroatoms. The van der Waals surface area contributed by atoms with Gasteiger partial charge in [-0.1, -0.05) is 63.8 Å². The van der Waals surface area contributed by atoms with Crippen LogP contribution in [0.3, 0.4) is 0 Å². The van der Waals surface area contributed by atoms with Gasteiger partial charge in [0.05, 0.1) is 16.8 Å². The minimum Gasteiger partial charge on any atom is -0.423 e. The summed E-state index contributed by atoms with van der Waals surface area (Å²) in [6.07, 6.45) is 15.0. The maximum absolute atomic E-state index is 11.5. The Labute approximate surface area is 267 Å². The van der Waals surface area contributed by atoms with E-state index in [1.807, 2.05) is 0 Å². The van der Waals surface area contributed by atoms with Crippen molar-refractivity contribution in [2.45, 2.75) is 149 Å². The second-order valence-electron chi connectivity index (χ2n) is 17.3. The minimum atomic E-state index is -0.912. The molecule has 4 aliphatic carbocycles. The third kappa shape index (κ3) is 4.97. The predicted molar refractivity (Wildman–Crippen MR) is 182 cm³/mol. The monoisotopic (exact) mass is 596 g/mol. The van der Waals surface area contributed by atoms with Gasteiger partial charge in [0.2, 0.25) is 0 Å². The van der Waals surface area contributed by atoms with Crippen molar-refractivity contribution in [1.82, 2.24) is 0 Å². The molecule has 1 heterocycles. The molecule has 5 aliphatic rings. The van der Waals surface area contributed by atoms with Gasteiger partial charge in [-0.3, -0.25) is 0 Å². The molecule has 2 aromatic carbocycles. The zero-order valence-electron chi connectivity index (χ0n) is 28.7. The molecule has 1 N–H and O–H groups in total. The van der Waals surface area contributed by atoms with Crippen molar-refractivity contribution in [3.8, 4) is 11.1 Å². The lowest BCUT2D eigenvalue weighted by atomic mass is 9.71. The fourth-order valence-electron chi connectivity index (χ4n) is 9.24. The summed E-state index contributed by atoms with van der Waals surface area (Å²) >= 11 is 0. The fourth-order valence-corrected chi connectivity index (χ4v) is 9.24. The van der Waals surface area contributed by atoms with Crippen LogP contribution in [0.2, 0.25) is 0 Å². The van der Waals surface area contributed by atoms with Crippen LogP contribution < -0.4 is 10.9 Å². The molecule has 2 aromatic rings. The van der Waals surface area contributed by atoms with E-state index < -0.39 is 12.7 Å². The van der Waals surface area contributed by atoms with Gasteiger partial charge in [-0.15, -0.1) is 0 Å². The third-order valence-corrected chi connectivity index (χ3v) is 13.3. The Bertz CT molecular complexity index is 1430. The highest BCUT2D eigenvalue weighted by Gasteiger charge is 2.54. The number of fused-ring (bicyclic) bond motifs is 2. The Hall–Kier alpha value is -1.59. The first-order chi connectivity index (χ1) is 20.7. The van der Waals surface area contributed by atoms with Gasteiger partial charge in [-0.2, -0.15) is 0 Å². The van der Waals surface area contributed by atoms with Crippen LogP contribution in [0, 0.1) is 16.7 Å². The largest absolute Gasteiger partial charge is 0.495 e. The van der Waals surface area contributed by atoms with E-state index in [0.29, 0.717) is 16.7 Å². The van der Waals surface area contributed by atoms with Crippen LogP contribution in [-0.4, -0.2) is 36.1 Å². The summed E-state index contributed by atoms with van der Waals surface area (Å²) < 4.78 is 19.7. The van der Waals surface area contributed by atoms with Crippen LogP contribution in [0.4, 0.5) is 0 Å². The number of rotatable bonds is 6. The van der Waals surface area contributed by atoms with Crippen molar-refractivity contribution in [3.63, 3.8) is 0 Å². The molecule has 0 bridgehead atoms. The molecule has 0 unspecified atom stereocenters. The second-order valence-corrected chi connectivity index (χ2v) is 17.3. The summed E-state index contributed by atoms with van der Waals surface area (Å²) in [5, 5.41) is 11.5. The van der Waals surface area contributed by atoms with E-state index in [0.717, 1.165) is 31.1 Å². The van der Waals surface area contributed by atoms with E-state index in [1.165, 1.54) is 90.2 Å². The molecule has 1 saturated heterocycles. The Balaban J connectivity index is 1.33. The van der Waals surface area contributed by atoms with Crippen molar-refractivity contribution in [2.75, 3.05) is 0 Å². The predicted octanol–water partition coefficient (Wildman–Crippen LogP) is 7.11. The number of hydrogen-bond acceptors (Lipinski definition) is 4. The first kappa shape index (κ1) is 31.0. The smallest absolute Gasteiger partial charge is 0.423 e. The zero-order valence-corrected chi connectivity index (χ0v) is 28.7. The molecule has 0 amide bonds. The van der Waals surface area contributed by atoms with E-state index in [-0.39, 0.29) is 18.3 Å². The van der Waals surface area contributed by atoms with Crippen LogP contribution >= 0.6 is 0 Å². The molecule has 236 valence electrons. The second kappa shape index (κ2) is 10.5. The molecule has 4 nitrogen and oxygen atoms in total. The molecular weight excluding hydrogens is 542 g/mol. The molecule has 0 radical (unpaired) electrons. The Kier molecular flexibility index (Phi) is 7.38. The average molecular weight is 596 g/mol. The average Bonchev–Trinajstić information content (AvgIpc) is 3.76. The minimum absolute atomic E-state index is 0.304. The van der Waals surface area contributed by atoms with E-state index in [1.54, 1.807) is 0 Å². The Morgan fingerprint density at radius 1 is 0.727 bits per heavy atom. The maximum atomic E-state index is 11.5. The molecular formula is C38H54B2O4. The maximum Gasteiger partial charge on any atom is 0.495 e. The van der Waals surface area contributed by atoms with E-state index in [9.17, 15) is 5.02 Å². The summed E-state index contributed by atoms with van der Waals surface area (Å²) in [7, 11) is -1.24. The number of hydrogen-bond donors (Lipinski definition) is 1. The van der Waals surface area contributed by atoms with Gasteiger partial charge < -0.3 is 19.0 Å². The molecule has 0 aromatic heterocycles. The molecule has 1 aliphatic heterocycles. The summed E-state index contributed by atoms with van der Waals surface area (Å²) in [5.41, 5.74) is 10.4. The molecule has 2 saturated carbocycles. The Morgan fingerprint density at radius 3 is 1.70 bits per heavy atom. The van der Waals surface area contributed by atoms with Gasteiger partial charge >= 0.3 is 14.2 Å². The summed E-state index contributed by atoms with van der Waals surface area (Å²) in [6, 6.07) is 9.23. The molecule has 0 atom stereocenters. The van der Waals surface area contributed by atoms with Gasteiger partial charge in [0.1, 0.15) is 0 Å². The van der Waals surface area contributed by atoms with Crippen LogP contribution in [0.25, 0.3) is 11.1 Å². The summed E-state index contributed by atoms with van der Waals surface area (Å²) in [5.74, 6) is 0.304. The molecule has 7 rings (SSSR count). The Morgan fingerprint density at radius 2 is 1.18 bits per heavy atom. The van der Waals surface area contributed by atoms with Gasteiger partial charge in [0, 0.05) is 0 Å². The molecule has 2 spiro atoms. The lowest BCUT2D eigenvalue weighted by molar-refractivity contribution is 0.00578. The lowest BCUT2D eigenvalue weighted by Gasteiger charge is -2.32. The van der Waals surface area contributed by atoms with Gasteiger partial charge in [-0.05, 0) is 154 Å². The first-order valence-corrected chi connectivity index (χ1v) is 17.7. The SMILES string of the molecule is CC(C)C(C)(C)OB(O)c1ccc(-c2ccc(B3OC(C)(C)C(C)(C)O3)c3c2CC2(CCCC2)C3)c2c1CC1(CCCC1)C2. The first-order valence-electron chi connectivity index (χ1n) is 17.7.